The van der Waals surface area contributed by atoms with E-state index in [1.807, 2.05) is 13.8 Å². The highest BCUT2D eigenvalue weighted by Gasteiger charge is 2.38. The van der Waals surface area contributed by atoms with E-state index in [-0.39, 0.29) is 18.2 Å². The summed E-state index contributed by atoms with van der Waals surface area (Å²) in [6.45, 7) is 5.86. The van der Waals surface area contributed by atoms with Gasteiger partial charge in [0.15, 0.2) is 0 Å². The Morgan fingerprint density at radius 3 is 2.31 bits per heavy atom. The number of nitrogens with zero attached hydrogens (tertiary/aromatic N) is 1. The average Bonchev–Trinajstić information content (AvgIpc) is 3.20. The molecule has 1 saturated heterocycles. The van der Waals surface area contributed by atoms with Crippen LogP contribution in [0.5, 0.6) is 0 Å². The first-order chi connectivity index (χ1) is 15.0. The van der Waals surface area contributed by atoms with Crippen LogP contribution in [0.2, 0.25) is 0 Å². The summed E-state index contributed by atoms with van der Waals surface area (Å²) in [4.78, 5) is 51.1. The number of carboxylic acid groups (broad SMARTS) is 1. The summed E-state index contributed by atoms with van der Waals surface area (Å²) in [6, 6.07) is -4.04. The first-order valence-electron chi connectivity index (χ1n) is 11.3. The van der Waals surface area contributed by atoms with E-state index in [9.17, 15) is 29.4 Å². The summed E-state index contributed by atoms with van der Waals surface area (Å²) in [7, 11) is 0. The van der Waals surface area contributed by atoms with Crippen molar-refractivity contribution < 1.29 is 29.4 Å². The number of nitrogens with two attached hydrogens (primary N) is 2. The number of rotatable bonds is 13. The fourth-order valence-electron chi connectivity index (χ4n) is 3.76. The molecule has 0 radical (unpaired) electrons. The van der Waals surface area contributed by atoms with Gasteiger partial charge in [0.25, 0.3) is 0 Å². The Kier molecular flexibility index (Phi) is 11.6. The molecule has 0 saturated carbocycles. The highest BCUT2D eigenvalue weighted by atomic mass is 16.4. The summed E-state index contributed by atoms with van der Waals surface area (Å²) < 4.78 is 0. The number of carboxylic acids is 1. The molecule has 0 aromatic carbocycles. The van der Waals surface area contributed by atoms with E-state index in [0.717, 1.165) is 6.42 Å². The largest absolute Gasteiger partial charge is 0.480 e. The lowest BCUT2D eigenvalue weighted by molar-refractivity contribution is -0.144. The molecule has 1 aliphatic heterocycles. The van der Waals surface area contributed by atoms with Crippen molar-refractivity contribution >= 4 is 23.7 Å². The Hall–Kier alpha value is -2.24. The molecule has 5 atom stereocenters. The number of amides is 3. The number of likely N-dealkylation sites (tertiary alicyclic amines) is 1. The summed E-state index contributed by atoms with van der Waals surface area (Å²) in [5.41, 5.74) is 11.5. The number of carbonyl (C=O) groups is 4. The summed E-state index contributed by atoms with van der Waals surface area (Å²) in [5.74, 6) is -2.89. The third-order valence-electron chi connectivity index (χ3n) is 5.51. The van der Waals surface area contributed by atoms with Crippen molar-refractivity contribution in [2.75, 3.05) is 13.1 Å². The van der Waals surface area contributed by atoms with Crippen LogP contribution in [0.4, 0.5) is 0 Å². The monoisotopic (exact) mass is 457 g/mol. The Morgan fingerprint density at radius 2 is 1.78 bits per heavy atom. The Morgan fingerprint density at radius 1 is 1.12 bits per heavy atom. The van der Waals surface area contributed by atoms with Gasteiger partial charge < -0.3 is 37.2 Å². The average molecular weight is 458 g/mol. The van der Waals surface area contributed by atoms with Crippen LogP contribution in [0.25, 0.3) is 0 Å². The second kappa shape index (κ2) is 13.3. The molecular weight excluding hydrogens is 418 g/mol. The Bertz CT molecular complexity index is 657. The molecular formula is C21H39N5O6. The predicted octanol–water partition coefficient (Wildman–Crippen LogP) is -1.09. The molecule has 1 aliphatic rings. The van der Waals surface area contributed by atoms with Gasteiger partial charge in [-0.3, -0.25) is 14.4 Å². The number of aliphatic hydroxyl groups excluding tert-OH is 1. The van der Waals surface area contributed by atoms with Crippen LogP contribution in [0, 0.1) is 5.92 Å². The van der Waals surface area contributed by atoms with Crippen molar-refractivity contribution in [3.8, 4) is 0 Å². The van der Waals surface area contributed by atoms with Gasteiger partial charge in [0, 0.05) is 6.54 Å². The van der Waals surface area contributed by atoms with Crippen LogP contribution in [-0.2, 0) is 19.2 Å². The number of hydrogen-bond donors (Lipinski definition) is 6. The first kappa shape index (κ1) is 27.8. The molecule has 1 heterocycles. The van der Waals surface area contributed by atoms with E-state index < -0.39 is 48.1 Å². The van der Waals surface area contributed by atoms with Crippen LogP contribution in [0.15, 0.2) is 0 Å². The summed E-state index contributed by atoms with van der Waals surface area (Å²) in [6.07, 6.45) is 1.88. The molecule has 32 heavy (non-hydrogen) atoms. The van der Waals surface area contributed by atoms with Crippen LogP contribution >= 0.6 is 0 Å². The fraction of sp³-hybridized carbons (Fsp3) is 0.810. The molecule has 0 aromatic rings. The van der Waals surface area contributed by atoms with Crippen molar-refractivity contribution in [1.82, 2.24) is 15.5 Å². The standard InChI is InChI=1S/C21H39N5O6/c1-12(2)11-15(21(31)32)24-19(29)17(13(3)27)25-18(28)16-8-6-10-26(16)20(30)14(23)7-4-5-9-22/h12-17,27H,4-11,22-23H2,1-3H3,(H,24,29)(H,25,28)(H,31,32). The van der Waals surface area contributed by atoms with E-state index in [2.05, 4.69) is 10.6 Å². The highest BCUT2D eigenvalue weighted by Crippen LogP contribution is 2.20. The van der Waals surface area contributed by atoms with Gasteiger partial charge in [-0.05, 0) is 51.5 Å². The molecule has 11 nitrogen and oxygen atoms in total. The molecule has 1 fully saturated rings. The van der Waals surface area contributed by atoms with Crippen molar-refractivity contribution in [2.24, 2.45) is 17.4 Å². The molecule has 1 rings (SSSR count). The zero-order valence-corrected chi connectivity index (χ0v) is 19.3. The highest BCUT2D eigenvalue weighted by molar-refractivity contribution is 5.94. The van der Waals surface area contributed by atoms with E-state index >= 15 is 0 Å². The van der Waals surface area contributed by atoms with Crippen LogP contribution in [-0.4, -0.2) is 82.2 Å². The van der Waals surface area contributed by atoms with E-state index in [0.29, 0.717) is 38.8 Å². The second-order valence-corrected chi connectivity index (χ2v) is 8.84. The van der Waals surface area contributed by atoms with Crippen LogP contribution < -0.4 is 22.1 Å². The maximum Gasteiger partial charge on any atom is 0.326 e. The third kappa shape index (κ3) is 8.36. The van der Waals surface area contributed by atoms with Gasteiger partial charge in [-0.1, -0.05) is 20.3 Å². The van der Waals surface area contributed by atoms with Gasteiger partial charge in [0.1, 0.15) is 18.1 Å². The lowest BCUT2D eigenvalue weighted by Gasteiger charge is -2.29. The van der Waals surface area contributed by atoms with Gasteiger partial charge in [0.2, 0.25) is 17.7 Å². The molecule has 5 unspecified atom stereocenters. The zero-order chi connectivity index (χ0) is 24.4. The topological polar surface area (TPSA) is 188 Å². The van der Waals surface area contributed by atoms with E-state index in [4.69, 9.17) is 11.5 Å². The maximum atomic E-state index is 12.9. The Labute approximate surface area is 189 Å². The second-order valence-electron chi connectivity index (χ2n) is 8.84. The SMILES string of the molecule is CC(C)CC(NC(=O)C(NC(=O)C1CCCN1C(=O)C(N)CCCCN)C(C)O)C(=O)O. The van der Waals surface area contributed by atoms with Crippen molar-refractivity contribution in [2.45, 2.75) is 89.6 Å². The number of unbranched alkanes of at least 4 members (excludes halogenated alkanes) is 1. The normalized spacial score (nSPS) is 19.8. The molecule has 0 aromatic heterocycles. The predicted molar refractivity (Wildman–Crippen MR) is 118 cm³/mol. The fourth-order valence-corrected chi connectivity index (χ4v) is 3.76. The molecule has 3 amide bonds. The molecule has 0 bridgehead atoms. The number of aliphatic hydroxyl groups is 1. The van der Waals surface area contributed by atoms with Gasteiger partial charge >= 0.3 is 5.97 Å². The van der Waals surface area contributed by atoms with Crippen LogP contribution in [0.3, 0.4) is 0 Å². The minimum atomic E-state index is -1.35. The molecule has 8 N–H and O–H groups in total. The van der Waals surface area contributed by atoms with Crippen molar-refractivity contribution in [3.05, 3.63) is 0 Å². The van der Waals surface area contributed by atoms with Crippen LogP contribution in [0.1, 0.15) is 59.3 Å². The lowest BCUT2D eigenvalue weighted by Crippen LogP contribution is -2.59. The molecule has 0 aliphatic carbocycles. The first-order valence-corrected chi connectivity index (χ1v) is 11.3. The quantitative estimate of drug-likeness (QED) is 0.188. The van der Waals surface area contributed by atoms with E-state index in [1.165, 1.54) is 11.8 Å². The molecule has 11 heteroatoms. The molecule has 184 valence electrons. The summed E-state index contributed by atoms with van der Waals surface area (Å²) in [5, 5.41) is 24.3. The van der Waals surface area contributed by atoms with Gasteiger partial charge in [-0.15, -0.1) is 0 Å². The Balaban J connectivity index is 2.82. The smallest absolute Gasteiger partial charge is 0.326 e. The minimum Gasteiger partial charge on any atom is -0.480 e. The van der Waals surface area contributed by atoms with Crippen molar-refractivity contribution in [3.63, 3.8) is 0 Å². The van der Waals surface area contributed by atoms with E-state index in [1.54, 1.807) is 0 Å². The zero-order valence-electron chi connectivity index (χ0n) is 19.3. The van der Waals surface area contributed by atoms with Gasteiger partial charge in [-0.25, -0.2) is 4.79 Å². The van der Waals surface area contributed by atoms with Gasteiger partial charge in [0.05, 0.1) is 12.1 Å². The van der Waals surface area contributed by atoms with Gasteiger partial charge in [-0.2, -0.15) is 0 Å². The number of carbonyl (C=O) groups excluding carboxylic acids is 3. The number of aliphatic carboxylic acids is 1. The number of hydrogen-bond acceptors (Lipinski definition) is 7. The third-order valence-corrected chi connectivity index (χ3v) is 5.51. The molecule has 0 spiro atoms. The minimum absolute atomic E-state index is 0.0168. The maximum absolute atomic E-state index is 12.9. The summed E-state index contributed by atoms with van der Waals surface area (Å²) >= 11 is 0. The van der Waals surface area contributed by atoms with Crippen molar-refractivity contribution in [1.29, 1.82) is 0 Å². The lowest BCUT2D eigenvalue weighted by atomic mass is 10.0. The number of nitrogens with one attached hydrogen (secondary N) is 2.